The normalized spacial score (nSPS) is 12.8. The van der Waals surface area contributed by atoms with Crippen molar-refractivity contribution >= 4 is 24.2 Å². The summed E-state index contributed by atoms with van der Waals surface area (Å²) in [5, 5.41) is 19.6. The van der Waals surface area contributed by atoms with Crippen molar-refractivity contribution in [3.05, 3.63) is 0 Å². The molecule has 51 heavy (non-hydrogen) atoms. The van der Waals surface area contributed by atoms with Crippen LogP contribution >= 0.6 is 12.0 Å². The SMILES string of the molecule is CCCCCCCCC(CCCCCCCC)OC(=O)CCCCCC(CN(CCCO)CC(CO)CCCCOC(=O)OCCCCC)SO. The maximum absolute atomic E-state index is 12.8. The molecule has 0 radical (unpaired) electrons. The van der Waals surface area contributed by atoms with Crippen molar-refractivity contribution in [2.24, 2.45) is 5.92 Å². The molecule has 0 bridgehead atoms. The van der Waals surface area contributed by atoms with Crippen molar-refractivity contribution < 1.29 is 38.6 Å². The first-order valence-electron chi connectivity index (χ1n) is 21.2. The lowest BCUT2D eigenvalue weighted by atomic mass is 10.0. The molecule has 3 N–H and O–H groups in total. The van der Waals surface area contributed by atoms with E-state index < -0.39 is 6.16 Å². The summed E-state index contributed by atoms with van der Waals surface area (Å²) in [6.07, 6.45) is 26.2. The highest BCUT2D eigenvalue weighted by Gasteiger charge is 2.19. The number of carbonyl (C=O) groups excluding carboxylic acids is 2. The van der Waals surface area contributed by atoms with Crippen LogP contribution in [0.4, 0.5) is 4.79 Å². The molecular formula is C41H81NO8S. The third-order valence-electron chi connectivity index (χ3n) is 9.68. The summed E-state index contributed by atoms with van der Waals surface area (Å²) < 4.78 is 26.3. The van der Waals surface area contributed by atoms with Gasteiger partial charge in [-0.1, -0.05) is 111 Å². The molecule has 0 saturated carbocycles. The molecule has 2 atom stereocenters. The molecule has 10 heteroatoms. The van der Waals surface area contributed by atoms with Gasteiger partial charge in [-0.3, -0.25) is 4.79 Å². The molecule has 9 nitrogen and oxygen atoms in total. The Morgan fingerprint density at radius 2 is 1.12 bits per heavy atom. The van der Waals surface area contributed by atoms with Crippen LogP contribution in [-0.4, -0.2) is 89.2 Å². The fraction of sp³-hybridized carbons (Fsp3) is 0.951. The van der Waals surface area contributed by atoms with E-state index in [9.17, 15) is 24.4 Å². The Hall–Kier alpha value is -1.07. The monoisotopic (exact) mass is 748 g/mol. The molecule has 0 amide bonds. The molecule has 0 spiro atoms. The van der Waals surface area contributed by atoms with E-state index in [0.29, 0.717) is 52.1 Å². The molecule has 304 valence electrons. The first-order chi connectivity index (χ1) is 24.9. The van der Waals surface area contributed by atoms with Crippen LogP contribution < -0.4 is 0 Å². The zero-order chi connectivity index (χ0) is 37.6. The molecule has 2 unspecified atom stereocenters. The summed E-state index contributed by atoms with van der Waals surface area (Å²) in [7, 11) is 0. The van der Waals surface area contributed by atoms with E-state index in [0.717, 1.165) is 95.5 Å². The van der Waals surface area contributed by atoms with Gasteiger partial charge in [-0.15, -0.1) is 0 Å². The first kappa shape index (κ1) is 49.9. The Balaban J connectivity index is 4.54. The largest absolute Gasteiger partial charge is 0.508 e. The average molecular weight is 748 g/mol. The van der Waals surface area contributed by atoms with Gasteiger partial charge in [-0.25, -0.2) is 4.79 Å². The number of nitrogens with zero attached hydrogens (tertiary/aromatic N) is 1. The fourth-order valence-corrected chi connectivity index (χ4v) is 7.04. The standard InChI is InChI=1S/C41H81NO8S/c1-4-7-10-12-14-17-26-38(27-18-15-13-11-8-5-2)50-40(45)29-20-16-19-28-39(51-47)35-42(30-24-31-43)34-37(36-44)25-21-23-33-49-41(46)48-32-22-9-6-3/h37-39,43-44,47H,4-36H2,1-3H3. The van der Waals surface area contributed by atoms with Gasteiger partial charge in [0.25, 0.3) is 0 Å². The maximum Gasteiger partial charge on any atom is 0.508 e. The number of aliphatic hydroxyl groups is 2. The van der Waals surface area contributed by atoms with Crippen LogP contribution in [0.25, 0.3) is 0 Å². The first-order valence-corrected chi connectivity index (χ1v) is 22.0. The topological polar surface area (TPSA) is 126 Å². The zero-order valence-corrected chi connectivity index (χ0v) is 34.1. The summed E-state index contributed by atoms with van der Waals surface area (Å²) in [6.45, 7) is 9.48. The predicted octanol–water partition coefficient (Wildman–Crippen LogP) is 10.7. The molecule has 0 aliphatic carbocycles. The van der Waals surface area contributed by atoms with Crippen LogP contribution in [-0.2, 0) is 19.0 Å². The van der Waals surface area contributed by atoms with Crippen LogP contribution in [0.1, 0.15) is 188 Å². The third kappa shape index (κ3) is 33.3. The second-order valence-electron chi connectivity index (χ2n) is 14.6. The van der Waals surface area contributed by atoms with Crippen molar-refractivity contribution in [1.82, 2.24) is 4.90 Å². The fourth-order valence-electron chi connectivity index (χ4n) is 6.49. The Kier molecular flexibility index (Phi) is 37.8. The lowest BCUT2D eigenvalue weighted by Gasteiger charge is -2.29. The van der Waals surface area contributed by atoms with Crippen molar-refractivity contribution in [1.29, 1.82) is 0 Å². The second-order valence-corrected chi connectivity index (χ2v) is 15.5. The van der Waals surface area contributed by atoms with Crippen LogP contribution in [0.2, 0.25) is 0 Å². The molecule has 0 aliphatic rings. The molecule has 0 aromatic rings. The molecule has 0 fully saturated rings. The van der Waals surface area contributed by atoms with Crippen LogP contribution in [0.5, 0.6) is 0 Å². The smallest absolute Gasteiger partial charge is 0.462 e. The number of hydrogen-bond acceptors (Lipinski definition) is 10. The number of unbranched alkanes of at least 4 members (excludes halogenated alkanes) is 15. The average Bonchev–Trinajstić information content (AvgIpc) is 3.13. The van der Waals surface area contributed by atoms with Crippen molar-refractivity contribution in [2.75, 3.05) is 46.1 Å². The van der Waals surface area contributed by atoms with Crippen LogP contribution in [0.15, 0.2) is 0 Å². The van der Waals surface area contributed by atoms with Gasteiger partial charge < -0.3 is 33.9 Å². The Labute approximate surface area is 317 Å². The molecular weight excluding hydrogens is 667 g/mol. The highest BCUT2D eigenvalue weighted by molar-refractivity contribution is 7.94. The van der Waals surface area contributed by atoms with Crippen molar-refractivity contribution in [2.45, 2.75) is 199 Å². The summed E-state index contributed by atoms with van der Waals surface area (Å²) in [6, 6.07) is 0. The minimum Gasteiger partial charge on any atom is -0.462 e. The van der Waals surface area contributed by atoms with Crippen LogP contribution in [0.3, 0.4) is 0 Å². The summed E-state index contributed by atoms with van der Waals surface area (Å²) in [5.41, 5.74) is 0. The quantitative estimate of drug-likeness (QED) is 0.0318. The predicted molar refractivity (Wildman–Crippen MR) is 212 cm³/mol. The maximum atomic E-state index is 12.8. The summed E-state index contributed by atoms with van der Waals surface area (Å²) >= 11 is 0.883. The van der Waals surface area contributed by atoms with E-state index in [-0.39, 0.29) is 36.5 Å². The van der Waals surface area contributed by atoms with Gasteiger partial charge >= 0.3 is 12.1 Å². The minimum atomic E-state index is -0.612. The number of rotatable bonds is 39. The number of carbonyl (C=O) groups is 2. The molecule has 0 aromatic heterocycles. The minimum absolute atomic E-state index is 0.0192. The number of ether oxygens (including phenoxy) is 3. The molecule has 0 aromatic carbocycles. The highest BCUT2D eigenvalue weighted by Crippen LogP contribution is 2.21. The Morgan fingerprint density at radius 3 is 1.69 bits per heavy atom. The number of hydrogen-bond donors (Lipinski definition) is 3. The van der Waals surface area contributed by atoms with Gasteiger partial charge in [0, 0.05) is 44.5 Å². The highest BCUT2D eigenvalue weighted by atomic mass is 32.2. The lowest BCUT2D eigenvalue weighted by molar-refractivity contribution is -0.150. The van der Waals surface area contributed by atoms with Crippen molar-refractivity contribution in [3.8, 4) is 0 Å². The lowest BCUT2D eigenvalue weighted by Crippen LogP contribution is -2.37. The van der Waals surface area contributed by atoms with E-state index in [1.54, 1.807) is 0 Å². The second kappa shape index (κ2) is 38.6. The summed E-state index contributed by atoms with van der Waals surface area (Å²) in [4.78, 5) is 26.7. The van der Waals surface area contributed by atoms with E-state index in [2.05, 4.69) is 25.7 Å². The Bertz CT molecular complexity index is 745. The van der Waals surface area contributed by atoms with Gasteiger partial charge in [0.2, 0.25) is 0 Å². The third-order valence-corrected chi connectivity index (χ3v) is 10.4. The molecule has 0 saturated heterocycles. The van der Waals surface area contributed by atoms with E-state index in [1.807, 2.05) is 0 Å². The number of esters is 1. The zero-order valence-electron chi connectivity index (χ0n) is 33.3. The van der Waals surface area contributed by atoms with Crippen molar-refractivity contribution in [3.63, 3.8) is 0 Å². The van der Waals surface area contributed by atoms with Gasteiger partial charge in [0.15, 0.2) is 0 Å². The van der Waals surface area contributed by atoms with E-state index >= 15 is 0 Å². The number of aliphatic hydroxyl groups excluding tert-OH is 2. The molecule has 0 rings (SSSR count). The van der Waals surface area contributed by atoms with Gasteiger partial charge in [0.05, 0.1) is 13.2 Å². The molecule has 0 aliphatic heterocycles. The van der Waals surface area contributed by atoms with E-state index in [4.69, 9.17) is 14.2 Å². The van der Waals surface area contributed by atoms with Crippen LogP contribution in [0, 0.1) is 5.92 Å². The molecule has 0 heterocycles. The van der Waals surface area contributed by atoms with Gasteiger partial charge in [0.1, 0.15) is 6.10 Å². The van der Waals surface area contributed by atoms with Gasteiger partial charge in [-0.2, -0.15) is 0 Å². The summed E-state index contributed by atoms with van der Waals surface area (Å²) in [5.74, 6) is -0.00448. The van der Waals surface area contributed by atoms with E-state index in [1.165, 1.54) is 64.2 Å². The Morgan fingerprint density at radius 1 is 0.608 bits per heavy atom. The van der Waals surface area contributed by atoms with Gasteiger partial charge in [-0.05, 0) is 88.6 Å².